The Labute approximate surface area is 138 Å². The molecule has 2 unspecified atom stereocenters. The van der Waals surface area contributed by atoms with Gasteiger partial charge in [-0.1, -0.05) is 6.92 Å². The second-order valence-electron chi connectivity index (χ2n) is 6.13. The van der Waals surface area contributed by atoms with E-state index in [2.05, 4.69) is 11.4 Å². The number of hydrogen-bond donors (Lipinski definition) is 1. The number of nitriles is 1. The summed E-state index contributed by atoms with van der Waals surface area (Å²) >= 11 is 0. The van der Waals surface area contributed by atoms with Crippen LogP contribution in [0.1, 0.15) is 34.1 Å². The van der Waals surface area contributed by atoms with Crippen LogP contribution in [0.3, 0.4) is 0 Å². The van der Waals surface area contributed by atoms with E-state index in [-0.39, 0.29) is 17.9 Å². The quantitative estimate of drug-likeness (QED) is 0.741. The van der Waals surface area contributed by atoms with E-state index in [0.717, 1.165) is 11.4 Å². The summed E-state index contributed by atoms with van der Waals surface area (Å²) in [5.74, 6) is 0.534. The maximum atomic E-state index is 12.1. The van der Waals surface area contributed by atoms with Crippen LogP contribution in [-0.2, 0) is 9.53 Å². The van der Waals surface area contributed by atoms with E-state index >= 15 is 0 Å². The Balaban J connectivity index is 2.71. The van der Waals surface area contributed by atoms with Crippen LogP contribution in [0.15, 0.2) is 24.3 Å². The molecule has 1 aromatic rings. The predicted octanol–water partition coefficient (Wildman–Crippen LogP) is 3.61. The van der Waals surface area contributed by atoms with Crippen molar-refractivity contribution in [2.24, 2.45) is 11.3 Å². The van der Waals surface area contributed by atoms with Gasteiger partial charge in [-0.3, -0.25) is 4.79 Å². The highest BCUT2D eigenvalue weighted by molar-refractivity contribution is 5.76. The number of carbonyl (C=O) groups excluding carboxylic acids is 1. The number of benzene rings is 1. The monoisotopic (exact) mass is 318 g/mol. The van der Waals surface area contributed by atoms with Gasteiger partial charge in [0.2, 0.25) is 0 Å². The molecule has 23 heavy (non-hydrogen) atoms. The Bertz CT molecular complexity index is 546. The third-order valence-corrected chi connectivity index (χ3v) is 4.21. The first-order valence-corrected chi connectivity index (χ1v) is 7.82. The van der Waals surface area contributed by atoms with Gasteiger partial charge < -0.3 is 14.8 Å². The molecule has 0 bridgehead atoms. The van der Waals surface area contributed by atoms with E-state index in [0.29, 0.717) is 13.0 Å². The van der Waals surface area contributed by atoms with Crippen LogP contribution >= 0.6 is 0 Å². The van der Waals surface area contributed by atoms with Gasteiger partial charge in [-0.2, -0.15) is 5.26 Å². The number of ether oxygens (including phenoxy) is 2. The number of nitrogens with one attached hydrogen (secondary N) is 1. The van der Waals surface area contributed by atoms with Crippen molar-refractivity contribution in [3.8, 4) is 11.8 Å². The fourth-order valence-electron chi connectivity index (χ4n) is 2.20. The Morgan fingerprint density at radius 2 is 1.96 bits per heavy atom. The standard InChI is InChI=1S/C18H26N2O3/c1-6-23-17(21)18(3,4)13(2)11-15(12-19)20-14-7-9-16(22-5)10-8-14/h7-10,13,15,20H,6,11H2,1-5H3. The van der Waals surface area contributed by atoms with Gasteiger partial charge in [0.25, 0.3) is 0 Å². The minimum absolute atomic E-state index is 0.00283. The molecule has 0 spiro atoms. The summed E-state index contributed by atoms with van der Waals surface area (Å²) < 4.78 is 10.2. The zero-order valence-corrected chi connectivity index (χ0v) is 14.6. The van der Waals surface area contributed by atoms with E-state index < -0.39 is 5.41 Å². The first-order valence-electron chi connectivity index (χ1n) is 7.82. The van der Waals surface area contributed by atoms with Crippen molar-refractivity contribution >= 4 is 11.7 Å². The van der Waals surface area contributed by atoms with E-state index in [4.69, 9.17) is 9.47 Å². The molecule has 0 aliphatic carbocycles. The van der Waals surface area contributed by atoms with Crippen molar-refractivity contribution in [2.75, 3.05) is 19.0 Å². The van der Waals surface area contributed by atoms with Gasteiger partial charge >= 0.3 is 5.97 Å². The van der Waals surface area contributed by atoms with Gasteiger partial charge in [0.1, 0.15) is 11.8 Å². The first-order chi connectivity index (χ1) is 10.8. The smallest absolute Gasteiger partial charge is 0.311 e. The summed E-state index contributed by atoms with van der Waals surface area (Å²) in [5, 5.41) is 12.6. The molecule has 5 heteroatoms. The van der Waals surface area contributed by atoms with E-state index in [1.807, 2.05) is 45.0 Å². The average Bonchev–Trinajstić information content (AvgIpc) is 2.54. The Kier molecular flexibility index (Phi) is 6.89. The maximum absolute atomic E-state index is 12.1. The van der Waals surface area contributed by atoms with Crippen molar-refractivity contribution in [2.45, 2.75) is 40.2 Å². The van der Waals surface area contributed by atoms with E-state index in [9.17, 15) is 10.1 Å². The van der Waals surface area contributed by atoms with E-state index in [1.54, 1.807) is 14.0 Å². The Hall–Kier alpha value is -2.22. The number of methoxy groups -OCH3 is 1. The third-order valence-electron chi connectivity index (χ3n) is 4.21. The van der Waals surface area contributed by atoms with Crippen LogP contribution in [-0.4, -0.2) is 25.7 Å². The molecule has 1 rings (SSSR count). The summed E-state index contributed by atoms with van der Waals surface area (Å²) in [4.78, 5) is 12.1. The van der Waals surface area contributed by atoms with Crippen molar-refractivity contribution < 1.29 is 14.3 Å². The summed E-state index contributed by atoms with van der Waals surface area (Å²) in [6, 6.07) is 9.28. The number of esters is 1. The van der Waals surface area contributed by atoms with Gasteiger partial charge in [0, 0.05) is 5.69 Å². The molecule has 0 saturated carbocycles. The summed E-state index contributed by atoms with van der Waals surface area (Å²) in [5.41, 5.74) is 0.214. The molecule has 0 aromatic heterocycles. The number of carbonyl (C=O) groups is 1. The van der Waals surface area contributed by atoms with Crippen LogP contribution in [0, 0.1) is 22.7 Å². The molecule has 0 aliphatic rings. The molecule has 126 valence electrons. The highest BCUT2D eigenvalue weighted by Crippen LogP contribution is 2.32. The summed E-state index contributed by atoms with van der Waals surface area (Å²) in [6.07, 6.45) is 0.550. The van der Waals surface area contributed by atoms with Crippen molar-refractivity contribution in [3.63, 3.8) is 0 Å². The van der Waals surface area contributed by atoms with Gasteiger partial charge in [-0.25, -0.2) is 0 Å². The number of anilines is 1. The highest BCUT2D eigenvalue weighted by Gasteiger charge is 2.36. The van der Waals surface area contributed by atoms with E-state index in [1.165, 1.54) is 0 Å². The lowest BCUT2D eigenvalue weighted by molar-refractivity contribution is -0.156. The summed E-state index contributed by atoms with van der Waals surface area (Å²) in [6.45, 7) is 7.84. The van der Waals surface area contributed by atoms with Crippen molar-refractivity contribution in [1.29, 1.82) is 5.26 Å². The molecule has 0 heterocycles. The third kappa shape index (κ3) is 5.17. The molecule has 5 nitrogen and oxygen atoms in total. The molecule has 2 atom stereocenters. The molecule has 0 fully saturated rings. The second-order valence-corrected chi connectivity index (χ2v) is 6.13. The molecule has 0 radical (unpaired) electrons. The maximum Gasteiger partial charge on any atom is 0.311 e. The lowest BCUT2D eigenvalue weighted by Crippen LogP contribution is -2.36. The zero-order valence-electron chi connectivity index (χ0n) is 14.6. The minimum atomic E-state index is -0.632. The van der Waals surface area contributed by atoms with Gasteiger partial charge in [0.15, 0.2) is 0 Å². The van der Waals surface area contributed by atoms with Crippen molar-refractivity contribution in [1.82, 2.24) is 0 Å². The molecule has 1 N–H and O–H groups in total. The minimum Gasteiger partial charge on any atom is -0.497 e. The molecular formula is C18H26N2O3. The number of rotatable bonds is 8. The summed E-state index contributed by atoms with van der Waals surface area (Å²) in [7, 11) is 1.61. The lowest BCUT2D eigenvalue weighted by atomic mass is 9.77. The molecule has 0 aliphatic heterocycles. The normalized spacial score (nSPS) is 13.6. The Morgan fingerprint density at radius 3 is 2.43 bits per heavy atom. The second kappa shape index (κ2) is 8.42. The zero-order chi connectivity index (χ0) is 17.5. The highest BCUT2D eigenvalue weighted by atomic mass is 16.5. The van der Waals surface area contributed by atoms with Crippen LogP contribution in [0.2, 0.25) is 0 Å². The lowest BCUT2D eigenvalue weighted by Gasteiger charge is -2.30. The van der Waals surface area contributed by atoms with Gasteiger partial charge in [-0.15, -0.1) is 0 Å². The number of nitrogens with zero attached hydrogens (tertiary/aromatic N) is 1. The number of hydrogen-bond acceptors (Lipinski definition) is 5. The Morgan fingerprint density at radius 1 is 1.35 bits per heavy atom. The topological polar surface area (TPSA) is 71.4 Å². The molecule has 0 amide bonds. The largest absolute Gasteiger partial charge is 0.497 e. The fraction of sp³-hybridized carbons (Fsp3) is 0.556. The fourth-order valence-corrected chi connectivity index (χ4v) is 2.20. The molecule has 0 saturated heterocycles. The SMILES string of the molecule is CCOC(=O)C(C)(C)C(C)CC(C#N)Nc1ccc(OC)cc1. The van der Waals surface area contributed by atoms with Gasteiger partial charge in [0.05, 0.1) is 25.2 Å². The van der Waals surface area contributed by atoms with Crippen molar-refractivity contribution in [3.05, 3.63) is 24.3 Å². The van der Waals surface area contributed by atoms with Gasteiger partial charge in [-0.05, 0) is 57.4 Å². The molecular weight excluding hydrogens is 292 g/mol. The van der Waals surface area contributed by atoms with Crippen LogP contribution in [0.4, 0.5) is 5.69 Å². The average molecular weight is 318 g/mol. The predicted molar refractivity (Wildman–Crippen MR) is 90.2 cm³/mol. The van der Waals surface area contributed by atoms with Crippen LogP contribution < -0.4 is 10.1 Å². The van der Waals surface area contributed by atoms with Crippen LogP contribution in [0.25, 0.3) is 0 Å². The first kappa shape index (κ1) is 18.8. The molecule has 1 aromatic carbocycles. The van der Waals surface area contributed by atoms with Crippen LogP contribution in [0.5, 0.6) is 5.75 Å².